The van der Waals surface area contributed by atoms with Crippen LogP contribution in [0.3, 0.4) is 0 Å². The van der Waals surface area contributed by atoms with Crippen LogP contribution >= 0.6 is 11.3 Å². The van der Waals surface area contributed by atoms with Crippen molar-refractivity contribution in [1.29, 1.82) is 0 Å². The average molecular weight is 268 g/mol. The van der Waals surface area contributed by atoms with E-state index >= 15 is 0 Å². The van der Waals surface area contributed by atoms with E-state index in [1.165, 1.54) is 12.8 Å². The predicted molar refractivity (Wildman–Crippen MR) is 72.9 cm³/mol. The van der Waals surface area contributed by atoms with Crippen LogP contribution in [0, 0.1) is 5.92 Å². The fraction of sp³-hybridized carbons (Fsp3) is 0.615. The molecule has 5 heteroatoms. The van der Waals surface area contributed by atoms with Gasteiger partial charge >= 0.3 is 5.97 Å². The monoisotopic (exact) mass is 268 g/mol. The number of rotatable bonds is 6. The predicted octanol–water partition coefficient (Wildman–Crippen LogP) is 1.85. The lowest BCUT2D eigenvalue weighted by molar-refractivity contribution is -0.137. The van der Waals surface area contributed by atoms with Gasteiger partial charge in [-0.05, 0) is 49.8 Å². The van der Waals surface area contributed by atoms with Gasteiger partial charge in [-0.2, -0.15) is 0 Å². The van der Waals surface area contributed by atoms with Crippen LogP contribution in [-0.2, 0) is 4.79 Å². The Morgan fingerprint density at radius 3 is 2.94 bits per heavy atom. The van der Waals surface area contributed by atoms with Crippen molar-refractivity contribution in [2.45, 2.75) is 25.3 Å². The summed E-state index contributed by atoms with van der Waals surface area (Å²) in [4.78, 5) is 12.0. The number of aliphatic carboxylic acids is 1. The van der Waals surface area contributed by atoms with Crippen molar-refractivity contribution in [2.75, 3.05) is 19.6 Å². The molecule has 1 aliphatic heterocycles. The molecule has 0 aromatic carbocycles. The number of piperidine rings is 1. The summed E-state index contributed by atoms with van der Waals surface area (Å²) in [5.74, 6) is -0.0753. The molecule has 1 atom stereocenters. The Hall–Kier alpha value is -0.910. The fourth-order valence-corrected chi connectivity index (χ4v) is 3.13. The van der Waals surface area contributed by atoms with Gasteiger partial charge < -0.3 is 15.7 Å². The second kappa shape index (κ2) is 6.87. The maximum atomic E-state index is 10.9. The second-order valence-corrected chi connectivity index (χ2v) is 5.75. The largest absolute Gasteiger partial charge is 0.481 e. The number of carboxylic acids is 1. The van der Waals surface area contributed by atoms with Crippen LogP contribution in [0.1, 0.15) is 30.2 Å². The summed E-state index contributed by atoms with van der Waals surface area (Å²) in [7, 11) is 0. The lowest BCUT2D eigenvalue weighted by Gasteiger charge is -2.25. The third-order valence-electron chi connectivity index (χ3n) is 3.38. The molecule has 2 rings (SSSR count). The van der Waals surface area contributed by atoms with Crippen LogP contribution in [0.2, 0.25) is 0 Å². The first-order valence-electron chi connectivity index (χ1n) is 6.45. The van der Waals surface area contributed by atoms with Crippen molar-refractivity contribution in [1.82, 2.24) is 10.6 Å². The van der Waals surface area contributed by atoms with Gasteiger partial charge in [0.05, 0.1) is 12.5 Å². The zero-order valence-corrected chi connectivity index (χ0v) is 11.2. The molecule has 0 bridgehead atoms. The molecule has 0 radical (unpaired) electrons. The lowest BCUT2D eigenvalue weighted by Crippen LogP contribution is -2.35. The molecule has 1 fully saturated rings. The Morgan fingerprint density at radius 1 is 1.56 bits per heavy atom. The molecular formula is C13H20N2O2S. The second-order valence-electron chi connectivity index (χ2n) is 4.77. The minimum Gasteiger partial charge on any atom is -0.481 e. The number of hydrogen-bond acceptors (Lipinski definition) is 4. The standard InChI is InChI=1S/C13H20N2O2S/c16-13(17)8-11(12-2-1-7-18-12)15-9-10-3-5-14-6-4-10/h1-2,7,10-11,14-15H,3-6,8-9H2,(H,16,17). The van der Waals surface area contributed by atoms with Crippen molar-refractivity contribution in [3.05, 3.63) is 22.4 Å². The molecule has 1 aromatic rings. The summed E-state index contributed by atoms with van der Waals surface area (Å²) in [5, 5.41) is 17.7. The first kappa shape index (κ1) is 13.5. The summed E-state index contributed by atoms with van der Waals surface area (Å²) >= 11 is 1.62. The quantitative estimate of drug-likeness (QED) is 0.737. The Kier molecular flexibility index (Phi) is 5.16. The van der Waals surface area contributed by atoms with Crippen LogP contribution < -0.4 is 10.6 Å². The molecule has 1 aliphatic rings. The van der Waals surface area contributed by atoms with Gasteiger partial charge in [0.1, 0.15) is 0 Å². The van der Waals surface area contributed by atoms with Crippen LogP contribution in [0.15, 0.2) is 17.5 Å². The third-order valence-corrected chi connectivity index (χ3v) is 4.36. The first-order chi connectivity index (χ1) is 8.75. The Labute approximate surface area is 111 Å². The number of hydrogen-bond donors (Lipinski definition) is 3. The van der Waals surface area contributed by atoms with Crippen molar-refractivity contribution in [2.24, 2.45) is 5.92 Å². The molecule has 1 aromatic heterocycles. The maximum Gasteiger partial charge on any atom is 0.305 e. The molecule has 4 nitrogen and oxygen atoms in total. The van der Waals surface area contributed by atoms with E-state index in [0.717, 1.165) is 24.5 Å². The van der Waals surface area contributed by atoms with Gasteiger partial charge in [0.2, 0.25) is 0 Å². The van der Waals surface area contributed by atoms with Crippen LogP contribution in [0.25, 0.3) is 0 Å². The van der Waals surface area contributed by atoms with Gasteiger partial charge in [0, 0.05) is 4.88 Å². The van der Waals surface area contributed by atoms with E-state index < -0.39 is 5.97 Å². The van der Waals surface area contributed by atoms with Crippen molar-refractivity contribution in [3.8, 4) is 0 Å². The summed E-state index contributed by atoms with van der Waals surface area (Å²) in [6.07, 6.45) is 2.51. The highest BCUT2D eigenvalue weighted by Gasteiger charge is 2.19. The minimum absolute atomic E-state index is 0.0441. The van der Waals surface area contributed by atoms with Crippen molar-refractivity contribution in [3.63, 3.8) is 0 Å². The smallest absolute Gasteiger partial charge is 0.305 e. The van der Waals surface area contributed by atoms with Crippen molar-refractivity contribution < 1.29 is 9.90 Å². The lowest BCUT2D eigenvalue weighted by atomic mass is 9.97. The van der Waals surface area contributed by atoms with Gasteiger partial charge in [-0.1, -0.05) is 6.07 Å². The van der Waals surface area contributed by atoms with Gasteiger partial charge in [-0.25, -0.2) is 0 Å². The molecule has 18 heavy (non-hydrogen) atoms. The summed E-state index contributed by atoms with van der Waals surface area (Å²) in [5.41, 5.74) is 0. The fourth-order valence-electron chi connectivity index (χ4n) is 2.33. The highest BCUT2D eigenvalue weighted by molar-refractivity contribution is 7.10. The minimum atomic E-state index is -0.744. The highest BCUT2D eigenvalue weighted by atomic mass is 32.1. The summed E-state index contributed by atoms with van der Waals surface area (Å²) in [6.45, 7) is 3.07. The molecule has 0 aliphatic carbocycles. The molecule has 0 spiro atoms. The van der Waals surface area contributed by atoms with E-state index in [9.17, 15) is 4.79 Å². The van der Waals surface area contributed by atoms with E-state index in [1.54, 1.807) is 11.3 Å². The third kappa shape index (κ3) is 4.08. The molecule has 1 unspecified atom stereocenters. The molecule has 2 heterocycles. The number of nitrogens with one attached hydrogen (secondary N) is 2. The SMILES string of the molecule is O=C(O)CC(NCC1CCNCC1)c1cccs1. The Morgan fingerprint density at radius 2 is 2.33 bits per heavy atom. The number of thiophene rings is 1. The van der Waals surface area contributed by atoms with E-state index in [0.29, 0.717) is 5.92 Å². The maximum absolute atomic E-state index is 10.9. The average Bonchev–Trinajstić information content (AvgIpc) is 2.89. The van der Waals surface area contributed by atoms with Crippen molar-refractivity contribution >= 4 is 17.3 Å². The molecule has 3 N–H and O–H groups in total. The normalized spacial score (nSPS) is 18.7. The van der Waals surface area contributed by atoms with Gasteiger partial charge in [0.25, 0.3) is 0 Å². The zero-order valence-electron chi connectivity index (χ0n) is 10.4. The summed E-state index contributed by atoms with van der Waals surface area (Å²) in [6, 6.07) is 3.94. The van der Waals surface area contributed by atoms with Crippen LogP contribution in [-0.4, -0.2) is 30.7 Å². The molecule has 1 saturated heterocycles. The summed E-state index contributed by atoms with van der Waals surface area (Å²) < 4.78 is 0. The molecule has 100 valence electrons. The Bertz CT molecular complexity index is 361. The van der Waals surface area contributed by atoms with Crippen LogP contribution in [0.4, 0.5) is 0 Å². The van der Waals surface area contributed by atoms with Gasteiger partial charge in [0.15, 0.2) is 0 Å². The van der Waals surface area contributed by atoms with E-state index in [2.05, 4.69) is 10.6 Å². The van der Waals surface area contributed by atoms with Gasteiger partial charge in [-0.3, -0.25) is 4.79 Å². The molecule has 0 saturated carbocycles. The molecule has 0 amide bonds. The first-order valence-corrected chi connectivity index (χ1v) is 7.33. The number of carboxylic acid groups (broad SMARTS) is 1. The number of carbonyl (C=O) groups is 1. The van der Waals surface area contributed by atoms with Gasteiger partial charge in [-0.15, -0.1) is 11.3 Å². The molecular weight excluding hydrogens is 248 g/mol. The van der Waals surface area contributed by atoms with E-state index in [-0.39, 0.29) is 12.5 Å². The van der Waals surface area contributed by atoms with E-state index in [1.807, 2.05) is 17.5 Å². The Balaban J connectivity index is 1.86. The highest BCUT2D eigenvalue weighted by Crippen LogP contribution is 2.23. The topological polar surface area (TPSA) is 61.4 Å². The zero-order chi connectivity index (χ0) is 12.8. The van der Waals surface area contributed by atoms with Crippen LogP contribution in [0.5, 0.6) is 0 Å². The van der Waals surface area contributed by atoms with E-state index in [4.69, 9.17) is 5.11 Å².